The number of benzene rings is 3. The van der Waals surface area contributed by atoms with Gasteiger partial charge in [-0.2, -0.15) is 5.26 Å². The molecule has 1 aromatic heterocycles. The lowest BCUT2D eigenvalue weighted by Crippen LogP contribution is -2.54. The number of nitrogens with zero attached hydrogens (tertiary/aromatic N) is 7. The van der Waals surface area contributed by atoms with Crippen LogP contribution in [0, 0.1) is 29.1 Å². The molecule has 6 heterocycles. The fourth-order valence-electron chi connectivity index (χ4n) is 10.0. The summed E-state index contributed by atoms with van der Waals surface area (Å²) >= 11 is 6.30. The molecule has 13 nitrogen and oxygen atoms in total. The summed E-state index contributed by atoms with van der Waals surface area (Å²) in [5.41, 5.74) is 4.68. The normalized spacial score (nSPS) is 20.5. The molecule has 0 bridgehead atoms. The van der Waals surface area contributed by atoms with E-state index in [-0.39, 0.29) is 24.2 Å². The first-order chi connectivity index (χ1) is 29.9. The smallest absolute Gasteiger partial charge is 0.262 e. The van der Waals surface area contributed by atoms with Gasteiger partial charge in [-0.1, -0.05) is 37.6 Å². The average molecular weight is 855 g/mol. The Morgan fingerprint density at radius 1 is 0.823 bits per heavy atom. The van der Waals surface area contributed by atoms with E-state index in [2.05, 4.69) is 57.0 Å². The zero-order chi connectivity index (χ0) is 43.1. The summed E-state index contributed by atoms with van der Waals surface area (Å²) < 4.78 is 6.13. The molecule has 3 aromatic carbocycles. The highest BCUT2D eigenvalue weighted by atomic mass is 35.5. The molecule has 4 aromatic rings. The molecule has 5 aliphatic heterocycles. The van der Waals surface area contributed by atoms with Crippen LogP contribution in [0.25, 0.3) is 0 Å². The molecule has 0 saturated carbocycles. The van der Waals surface area contributed by atoms with Gasteiger partial charge in [0.25, 0.3) is 11.8 Å². The number of hydrogen-bond donors (Lipinski definition) is 1. The quantitative estimate of drug-likeness (QED) is 0.168. The van der Waals surface area contributed by atoms with Gasteiger partial charge in [-0.15, -0.1) is 0 Å². The maximum absolute atomic E-state index is 13.4. The molecule has 9 rings (SSSR count). The highest BCUT2D eigenvalue weighted by Crippen LogP contribution is 2.38. The number of fused-ring (bicyclic) bond motifs is 1. The number of ether oxygens (including phenoxy) is 1. The summed E-state index contributed by atoms with van der Waals surface area (Å²) in [4.78, 5) is 68.3. The number of amides is 4. The van der Waals surface area contributed by atoms with E-state index in [0.29, 0.717) is 46.1 Å². The SMILES string of the molecule is CC(C)(c1ccc(OCc2ccnc(N3CC(CN4CCC(C5CCN(c6ccc7c(c6)C(=O)N(C6CCC(=O)NC6=O)C7=O)CC5)CC4)C3)n2)cc1)c1cc(Cl)cc(C#N)c1. The fraction of sp³-hybridized carbons (Fsp3) is 0.438. The predicted octanol–water partition coefficient (Wildman–Crippen LogP) is 6.37. The number of piperidine rings is 3. The van der Waals surface area contributed by atoms with Crippen molar-refractivity contribution >= 4 is 46.9 Å². The van der Waals surface area contributed by atoms with Crippen LogP contribution < -0.4 is 19.9 Å². The topological polar surface area (TPSA) is 152 Å². The van der Waals surface area contributed by atoms with Gasteiger partial charge in [0.1, 0.15) is 18.4 Å². The minimum absolute atomic E-state index is 0.103. The van der Waals surface area contributed by atoms with Crippen molar-refractivity contribution in [2.24, 2.45) is 17.8 Å². The zero-order valence-corrected chi connectivity index (χ0v) is 35.9. The monoisotopic (exact) mass is 854 g/mol. The Bertz CT molecular complexity index is 2430. The Morgan fingerprint density at radius 3 is 2.24 bits per heavy atom. The lowest BCUT2D eigenvalue weighted by Gasteiger charge is -2.44. The lowest BCUT2D eigenvalue weighted by molar-refractivity contribution is -0.136. The summed E-state index contributed by atoms with van der Waals surface area (Å²) in [5, 5.41) is 12.2. The molecule has 5 aliphatic rings. The molecule has 0 spiro atoms. The second-order valence-corrected chi connectivity index (χ2v) is 18.5. The van der Waals surface area contributed by atoms with Crippen molar-refractivity contribution in [2.75, 3.05) is 55.6 Å². The molecule has 4 amide bonds. The van der Waals surface area contributed by atoms with Gasteiger partial charge in [0.05, 0.1) is 28.5 Å². The van der Waals surface area contributed by atoms with Gasteiger partial charge < -0.3 is 19.4 Å². The third kappa shape index (κ3) is 8.38. The van der Waals surface area contributed by atoms with E-state index in [1.165, 1.54) is 12.8 Å². The van der Waals surface area contributed by atoms with Crippen LogP contribution >= 0.6 is 11.6 Å². The van der Waals surface area contributed by atoms with Crippen LogP contribution in [0.5, 0.6) is 5.75 Å². The van der Waals surface area contributed by atoms with Crippen molar-refractivity contribution in [1.29, 1.82) is 5.26 Å². The number of aromatic nitrogens is 2. The number of anilines is 2. The van der Waals surface area contributed by atoms with Gasteiger partial charge >= 0.3 is 0 Å². The lowest BCUT2D eigenvalue weighted by atomic mass is 9.78. The molecule has 1 N–H and O–H groups in total. The van der Waals surface area contributed by atoms with Crippen LogP contribution in [0.1, 0.15) is 95.5 Å². The van der Waals surface area contributed by atoms with Crippen molar-refractivity contribution in [3.63, 3.8) is 0 Å². The van der Waals surface area contributed by atoms with Crippen LogP contribution in [-0.2, 0) is 21.6 Å². The molecule has 320 valence electrons. The van der Waals surface area contributed by atoms with E-state index in [0.717, 1.165) is 97.8 Å². The molecule has 0 aliphatic carbocycles. The average Bonchev–Trinajstić information content (AvgIpc) is 3.51. The van der Waals surface area contributed by atoms with E-state index in [1.807, 2.05) is 42.6 Å². The Labute approximate surface area is 367 Å². The molecule has 14 heteroatoms. The van der Waals surface area contributed by atoms with E-state index >= 15 is 0 Å². The number of hydrogen-bond acceptors (Lipinski definition) is 11. The van der Waals surface area contributed by atoms with Crippen molar-refractivity contribution in [1.82, 2.24) is 25.1 Å². The van der Waals surface area contributed by atoms with Gasteiger partial charge in [-0.3, -0.25) is 29.4 Å². The third-order valence-corrected chi connectivity index (χ3v) is 14.0. The number of halogens is 1. The molecule has 62 heavy (non-hydrogen) atoms. The maximum atomic E-state index is 13.4. The zero-order valence-electron chi connectivity index (χ0n) is 35.2. The fourth-order valence-corrected chi connectivity index (χ4v) is 10.3. The third-order valence-electron chi connectivity index (χ3n) is 13.8. The van der Waals surface area contributed by atoms with E-state index in [1.54, 1.807) is 18.2 Å². The van der Waals surface area contributed by atoms with Crippen LogP contribution in [0.3, 0.4) is 0 Å². The predicted molar refractivity (Wildman–Crippen MR) is 234 cm³/mol. The summed E-state index contributed by atoms with van der Waals surface area (Å²) in [6, 6.07) is 22.1. The van der Waals surface area contributed by atoms with E-state index in [9.17, 15) is 24.4 Å². The summed E-state index contributed by atoms with van der Waals surface area (Å²) in [7, 11) is 0. The first kappa shape index (κ1) is 41.5. The molecule has 4 saturated heterocycles. The summed E-state index contributed by atoms with van der Waals surface area (Å²) in [5.74, 6) is 1.56. The number of carbonyl (C=O) groups excluding carboxylic acids is 4. The first-order valence-corrected chi connectivity index (χ1v) is 22.2. The van der Waals surface area contributed by atoms with Crippen molar-refractivity contribution < 1.29 is 23.9 Å². The van der Waals surface area contributed by atoms with Gasteiger partial charge in [-0.05, 0) is 123 Å². The molecule has 1 unspecified atom stereocenters. The van der Waals surface area contributed by atoms with Gasteiger partial charge in [-0.25, -0.2) is 9.97 Å². The van der Waals surface area contributed by atoms with Crippen LogP contribution in [-0.4, -0.2) is 95.3 Å². The Balaban J connectivity index is 0.699. The van der Waals surface area contributed by atoms with Crippen molar-refractivity contribution in [2.45, 2.75) is 70.4 Å². The Morgan fingerprint density at radius 2 is 1.53 bits per heavy atom. The van der Waals surface area contributed by atoms with Crippen LogP contribution in [0.15, 0.2) is 72.9 Å². The second-order valence-electron chi connectivity index (χ2n) is 18.0. The van der Waals surface area contributed by atoms with Crippen LogP contribution in [0.4, 0.5) is 11.6 Å². The highest BCUT2D eigenvalue weighted by molar-refractivity contribution is 6.30. The van der Waals surface area contributed by atoms with E-state index < -0.39 is 23.8 Å². The number of nitrogens with one attached hydrogen (secondary N) is 1. The number of rotatable bonds is 11. The Hall–Kier alpha value is -5.84. The minimum Gasteiger partial charge on any atom is -0.487 e. The standard InChI is InChI=1S/C48H51ClN8O5/c1-48(2,35-21-30(25-50)22-36(49)23-35)34-3-6-39(7-4-34)62-29-37-11-16-51-47(52-37)56-27-31(28-56)26-54-17-12-32(13-18-54)33-14-19-55(20-15-33)38-5-8-40-41(24-38)46(61)57(45(40)60)42-9-10-43(58)53-44(42)59/h3-8,11,16,21-24,31-33,42H,9-10,12-15,17-20,26-29H2,1-2H3,(H,53,58,59). The number of likely N-dealkylation sites (tertiary alicyclic amines) is 1. The number of imide groups is 2. The summed E-state index contributed by atoms with van der Waals surface area (Å²) in [6.07, 6.45) is 6.68. The van der Waals surface area contributed by atoms with Crippen LogP contribution in [0.2, 0.25) is 5.02 Å². The summed E-state index contributed by atoms with van der Waals surface area (Å²) in [6.45, 7) is 11.6. The largest absolute Gasteiger partial charge is 0.487 e. The van der Waals surface area contributed by atoms with Gasteiger partial charge in [0, 0.05) is 67.4 Å². The molecular weight excluding hydrogens is 804 g/mol. The van der Waals surface area contributed by atoms with Gasteiger partial charge in [0.15, 0.2) is 0 Å². The van der Waals surface area contributed by atoms with Crippen molar-refractivity contribution in [3.8, 4) is 11.8 Å². The maximum Gasteiger partial charge on any atom is 0.262 e. The molecule has 0 radical (unpaired) electrons. The number of nitriles is 1. The molecular formula is C48H51ClN8O5. The Kier molecular flexibility index (Phi) is 11.5. The first-order valence-electron chi connectivity index (χ1n) is 21.8. The second kappa shape index (κ2) is 17.1. The highest BCUT2D eigenvalue weighted by Gasteiger charge is 2.45. The number of carbonyl (C=O) groups is 4. The minimum atomic E-state index is -0.959. The molecule has 4 fully saturated rings. The van der Waals surface area contributed by atoms with Gasteiger partial charge in [0.2, 0.25) is 17.8 Å². The van der Waals surface area contributed by atoms with Crippen molar-refractivity contribution in [3.05, 3.63) is 111 Å². The van der Waals surface area contributed by atoms with E-state index in [4.69, 9.17) is 21.3 Å². The molecule has 1 atom stereocenters.